The van der Waals surface area contributed by atoms with Crippen LogP contribution in [0.1, 0.15) is 0 Å². The van der Waals surface area contributed by atoms with Gasteiger partial charge >= 0.3 is 0 Å². The summed E-state index contributed by atoms with van der Waals surface area (Å²) in [5, 5.41) is 3.44. The highest BCUT2D eigenvalue weighted by molar-refractivity contribution is 7.25. The van der Waals surface area contributed by atoms with Crippen molar-refractivity contribution in [3.8, 4) is 45.0 Å². The van der Waals surface area contributed by atoms with Gasteiger partial charge in [-0.3, -0.25) is 0 Å². The lowest BCUT2D eigenvalue weighted by atomic mass is 10.0. The van der Waals surface area contributed by atoms with Crippen LogP contribution in [-0.4, -0.2) is 9.97 Å². The van der Waals surface area contributed by atoms with E-state index in [0.29, 0.717) is 0 Å². The Hall–Kier alpha value is -5.06. The maximum atomic E-state index is 6.33. The Morgan fingerprint density at radius 3 is 1.57 bits per heavy atom. The highest BCUT2D eigenvalue weighted by Crippen LogP contribution is 2.43. The third-order valence-corrected chi connectivity index (χ3v) is 8.38. The third-order valence-electron chi connectivity index (χ3n) is 7.34. The van der Waals surface area contributed by atoms with E-state index in [1.807, 2.05) is 36.4 Å². The van der Waals surface area contributed by atoms with E-state index in [9.17, 15) is 0 Å². The molecule has 0 fully saturated rings. The molecule has 0 spiro atoms. The van der Waals surface area contributed by atoms with Crippen LogP contribution in [0.25, 0.3) is 76.4 Å². The van der Waals surface area contributed by atoms with Gasteiger partial charge in [0.2, 0.25) is 0 Å². The fourth-order valence-electron chi connectivity index (χ4n) is 5.37. The van der Waals surface area contributed by atoms with Crippen molar-refractivity contribution in [1.29, 1.82) is 0 Å². The van der Waals surface area contributed by atoms with Gasteiger partial charge in [-0.15, -0.1) is 0 Å². The summed E-state index contributed by atoms with van der Waals surface area (Å²) in [6.45, 7) is 0. The minimum Gasteiger partial charge on any atom is -0.445 e. The van der Waals surface area contributed by atoms with Gasteiger partial charge in [-0.25, -0.2) is 9.97 Å². The molecular weight excluding hydrogens is 508 g/mol. The number of nitrogens with zero attached hydrogens (tertiary/aromatic N) is 2. The van der Waals surface area contributed by atoms with Gasteiger partial charge in [0.15, 0.2) is 4.90 Å². The lowest BCUT2D eigenvalue weighted by Crippen LogP contribution is -1.88. The van der Waals surface area contributed by atoms with Crippen LogP contribution in [0.2, 0.25) is 0 Å². The number of thiophene rings is 1. The Morgan fingerprint density at radius 2 is 0.975 bits per heavy atom. The Labute approximate surface area is 235 Å². The van der Waals surface area contributed by atoms with E-state index < -0.39 is 0 Å². The molecule has 0 saturated carbocycles. The number of furan rings is 1. The Bertz CT molecular complexity index is 2010. The van der Waals surface area contributed by atoms with Crippen LogP contribution in [0, 0.1) is 0 Å². The zero-order valence-corrected chi connectivity index (χ0v) is 22.2. The van der Waals surface area contributed by atoms with Crippen LogP contribution in [-0.2, 0) is 0 Å². The smallest absolute Gasteiger partial charge is 0.190 e. The molecule has 40 heavy (non-hydrogen) atoms. The molecule has 0 unspecified atom stereocenters. The molecule has 0 bridgehead atoms. The fraction of sp³-hybridized carbons (Fsp3) is 0. The van der Waals surface area contributed by atoms with Crippen molar-refractivity contribution < 1.29 is 4.42 Å². The molecule has 0 saturated heterocycles. The van der Waals surface area contributed by atoms with Crippen LogP contribution >= 0.6 is 11.3 Å². The summed E-state index contributed by atoms with van der Waals surface area (Å²) in [4.78, 5) is 10.9. The van der Waals surface area contributed by atoms with Crippen molar-refractivity contribution in [2.24, 2.45) is 0 Å². The van der Waals surface area contributed by atoms with E-state index in [-0.39, 0.29) is 0 Å². The molecule has 4 aromatic heterocycles. The Balaban J connectivity index is 1.25. The maximum absolute atomic E-state index is 6.33. The van der Waals surface area contributed by atoms with Crippen LogP contribution in [0.5, 0.6) is 0 Å². The molecule has 0 radical (unpaired) electrons. The van der Waals surface area contributed by atoms with E-state index in [1.54, 1.807) is 11.3 Å². The molecule has 0 aliphatic rings. The maximum Gasteiger partial charge on any atom is 0.190 e. The fourth-order valence-corrected chi connectivity index (χ4v) is 6.43. The molecule has 8 aromatic rings. The molecule has 0 aliphatic heterocycles. The summed E-state index contributed by atoms with van der Waals surface area (Å²) >= 11 is 1.69. The topological polar surface area (TPSA) is 38.9 Å². The first kappa shape index (κ1) is 22.9. The second-order valence-corrected chi connectivity index (χ2v) is 10.9. The van der Waals surface area contributed by atoms with E-state index in [0.717, 1.165) is 66.3 Å². The highest BCUT2D eigenvalue weighted by atomic mass is 32.1. The quantitative estimate of drug-likeness (QED) is 0.227. The van der Waals surface area contributed by atoms with Crippen molar-refractivity contribution in [1.82, 2.24) is 9.97 Å². The van der Waals surface area contributed by atoms with Crippen LogP contribution < -0.4 is 0 Å². The van der Waals surface area contributed by atoms with Crippen LogP contribution in [0.3, 0.4) is 0 Å². The molecule has 0 atom stereocenters. The standard InChI is InChI=1S/C36H22N2OS/c1-3-9-23(10-4-1)29-13-7-15-31(37-29)25-17-19-33-27(21-25)35-28-22-26(18-20-34(28)40-36(35)39-33)32-16-8-14-30(38-32)24-11-5-2-6-12-24/h1-22H. The predicted octanol–water partition coefficient (Wildman–Crippen LogP) is 10.3. The normalized spacial score (nSPS) is 11.5. The van der Waals surface area contributed by atoms with Gasteiger partial charge < -0.3 is 4.42 Å². The minimum absolute atomic E-state index is 0.890. The molecular formula is C36H22N2OS. The monoisotopic (exact) mass is 530 g/mol. The van der Waals surface area contributed by atoms with Gasteiger partial charge in [0, 0.05) is 43.1 Å². The van der Waals surface area contributed by atoms with Crippen molar-refractivity contribution in [2.45, 2.75) is 0 Å². The van der Waals surface area contributed by atoms with Crippen LogP contribution in [0.15, 0.2) is 138 Å². The molecule has 4 aromatic carbocycles. The summed E-state index contributed by atoms with van der Waals surface area (Å²) in [6, 6.07) is 46.0. The van der Waals surface area contributed by atoms with Gasteiger partial charge in [0.1, 0.15) is 5.58 Å². The van der Waals surface area contributed by atoms with E-state index in [1.165, 1.54) is 10.1 Å². The average Bonchev–Trinajstić information content (AvgIpc) is 3.57. The zero-order valence-electron chi connectivity index (χ0n) is 21.4. The summed E-state index contributed by atoms with van der Waals surface area (Å²) in [7, 11) is 0. The molecule has 4 heterocycles. The minimum atomic E-state index is 0.890. The van der Waals surface area contributed by atoms with Gasteiger partial charge in [-0.1, -0.05) is 90.2 Å². The van der Waals surface area contributed by atoms with Gasteiger partial charge in [-0.2, -0.15) is 0 Å². The highest BCUT2D eigenvalue weighted by Gasteiger charge is 2.16. The first-order chi connectivity index (χ1) is 19.8. The summed E-state index contributed by atoms with van der Waals surface area (Å²) in [6.07, 6.45) is 0. The van der Waals surface area contributed by atoms with Gasteiger partial charge in [0.25, 0.3) is 0 Å². The molecule has 4 heteroatoms. The molecule has 8 rings (SSSR count). The van der Waals surface area contributed by atoms with Crippen molar-refractivity contribution >= 4 is 42.7 Å². The lowest BCUT2D eigenvalue weighted by molar-refractivity contribution is 0.678. The molecule has 188 valence electrons. The number of hydrogen-bond donors (Lipinski definition) is 0. The molecule has 0 N–H and O–H groups in total. The Kier molecular flexibility index (Phi) is 5.32. The number of rotatable bonds is 4. The predicted molar refractivity (Wildman–Crippen MR) is 166 cm³/mol. The largest absolute Gasteiger partial charge is 0.445 e. The van der Waals surface area contributed by atoms with E-state index in [2.05, 4.69) is 97.1 Å². The van der Waals surface area contributed by atoms with E-state index in [4.69, 9.17) is 14.4 Å². The van der Waals surface area contributed by atoms with Crippen LogP contribution in [0.4, 0.5) is 0 Å². The molecule has 0 amide bonds. The number of pyridine rings is 2. The molecule has 3 nitrogen and oxygen atoms in total. The average molecular weight is 531 g/mol. The second kappa shape index (κ2) is 9.30. The zero-order chi connectivity index (χ0) is 26.5. The number of aromatic nitrogens is 2. The SMILES string of the molecule is c1ccc(-c2cccc(-c3ccc4oc5sc6ccc(-c7cccc(-c8ccccc8)n7)cc6c5c4c3)n2)cc1. The second-order valence-electron chi connectivity index (χ2n) is 9.84. The number of fused-ring (bicyclic) bond motifs is 5. The van der Waals surface area contributed by atoms with Gasteiger partial charge in [-0.05, 0) is 54.6 Å². The number of benzene rings is 4. The first-order valence-electron chi connectivity index (χ1n) is 13.2. The van der Waals surface area contributed by atoms with Gasteiger partial charge in [0.05, 0.1) is 22.8 Å². The number of hydrogen-bond acceptors (Lipinski definition) is 4. The third kappa shape index (κ3) is 3.89. The van der Waals surface area contributed by atoms with Crippen molar-refractivity contribution in [3.05, 3.63) is 133 Å². The van der Waals surface area contributed by atoms with Crippen molar-refractivity contribution in [2.75, 3.05) is 0 Å². The lowest BCUT2D eigenvalue weighted by Gasteiger charge is -2.06. The first-order valence-corrected chi connectivity index (χ1v) is 14.1. The van der Waals surface area contributed by atoms with Crippen molar-refractivity contribution in [3.63, 3.8) is 0 Å². The molecule has 0 aliphatic carbocycles. The Morgan fingerprint density at radius 1 is 0.450 bits per heavy atom. The summed E-state index contributed by atoms with van der Waals surface area (Å²) in [5.74, 6) is 0. The summed E-state index contributed by atoms with van der Waals surface area (Å²) < 4.78 is 7.53. The van der Waals surface area contributed by atoms with E-state index >= 15 is 0 Å². The summed E-state index contributed by atoms with van der Waals surface area (Å²) in [5.41, 5.74) is 9.11.